The molecule has 0 aliphatic carbocycles. The number of para-hydroxylation sites is 1. The van der Waals surface area contributed by atoms with Gasteiger partial charge in [0.1, 0.15) is 0 Å². The molecule has 2 aromatic rings. The molecule has 1 aromatic heterocycles. The molecular formula is C11H14N2S. The number of hydrogen-bond donors (Lipinski definition) is 1. The van der Waals surface area contributed by atoms with E-state index in [4.69, 9.17) is 5.14 Å². The minimum absolute atomic E-state index is 0.979. The highest BCUT2D eigenvalue weighted by atomic mass is 32.2. The summed E-state index contributed by atoms with van der Waals surface area (Å²) < 4.78 is 0. The molecular weight excluding hydrogens is 192 g/mol. The summed E-state index contributed by atoms with van der Waals surface area (Å²) >= 11 is 1.24. The zero-order valence-electron chi connectivity index (χ0n) is 8.40. The molecule has 0 amide bonds. The van der Waals surface area contributed by atoms with Gasteiger partial charge in [0.25, 0.3) is 0 Å². The Morgan fingerprint density at radius 2 is 1.86 bits per heavy atom. The quantitative estimate of drug-likeness (QED) is 0.728. The van der Waals surface area contributed by atoms with Crippen molar-refractivity contribution in [2.45, 2.75) is 18.7 Å². The van der Waals surface area contributed by atoms with Crippen LogP contribution in [0.2, 0.25) is 0 Å². The fourth-order valence-corrected chi connectivity index (χ4v) is 1.61. The van der Waals surface area contributed by atoms with Crippen molar-refractivity contribution < 1.29 is 0 Å². The molecule has 0 saturated carbocycles. The van der Waals surface area contributed by atoms with E-state index in [1.165, 1.54) is 11.9 Å². The topological polar surface area (TPSA) is 38.9 Å². The van der Waals surface area contributed by atoms with Crippen molar-refractivity contribution in [3.05, 3.63) is 36.5 Å². The molecule has 0 radical (unpaired) electrons. The molecule has 0 spiro atoms. The normalized spacial score (nSPS) is 9.36. The Hall–Kier alpha value is -1.06. The summed E-state index contributed by atoms with van der Waals surface area (Å²) in [6.07, 6.45) is 1.78. The zero-order chi connectivity index (χ0) is 10.4. The van der Waals surface area contributed by atoms with Crippen molar-refractivity contribution in [1.29, 1.82) is 0 Å². The average molecular weight is 206 g/mol. The van der Waals surface area contributed by atoms with Gasteiger partial charge in [-0.25, -0.2) is 0 Å². The van der Waals surface area contributed by atoms with Gasteiger partial charge in [-0.2, -0.15) is 0 Å². The van der Waals surface area contributed by atoms with Gasteiger partial charge in [-0.05, 0) is 24.1 Å². The van der Waals surface area contributed by atoms with Gasteiger partial charge < -0.3 is 0 Å². The van der Waals surface area contributed by atoms with Crippen LogP contribution in [0.25, 0.3) is 10.9 Å². The van der Waals surface area contributed by atoms with Gasteiger partial charge in [-0.3, -0.25) is 10.1 Å². The number of pyridine rings is 1. The Morgan fingerprint density at radius 1 is 1.14 bits per heavy atom. The first kappa shape index (κ1) is 11.0. The van der Waals surface area contributed by atoms with E-state index in [2.05, 4.69) is 4.98 Å². The second kappa shape index (κ2) is 5.62. The Balaban J connectivity index is 0.000000461. The Bertz CT molecular complexity index is 396. The molecule has 1 aromatic carbocycles. The smallest absolute Gasteiger partial charge is 0.0850 e. The van der Waals surface area contributed by atoms with Gasteiger partial charge in [0, 0.05) is 16.5 Å². The van der Waals surface area contributed by atoms with Crippen molar-refractivity contribution >= 4 is 22.9 Å². The third-order valence-corrected chi connectivity index (χ3v) is 2.31. The van der Waals surface area contributed by atoms with Crippen molar-refractivity contribution in [2.75, 3.05) is 0 Å². The summed E-state index contributed by atoms with van der Waals surface area (Å²) in [6, 6.07) is 9.94. The van der Waals surface area contributed by atoms with E-state index in [-0.39, 0.29) is 0 Å². The van der Waals surface area contributed by atoms with E-state index in [0.717, 1.165) is 15.8 Å². The molecule has 3 heteroatoms. The SMILES string of the molecule is CC.NSc1cccc2cccnc12. The van der Waals surface area contributed by atoms with Gasteiger partial charge in [0.2, 0.25) is 0 Å². The van der Waals surface area contributed by atoms with Gasteiger partial charge in [0.15, 0.2) is 0 Å². The minimum atomic E-state index is 0.979. The maximum atomic E-state index is 5.49. The summed E-state index contributed by atoms with van der Waals surface area (Å²) in [5.41, 5.74) is 0.979. The van der Waals surface area contributed by atoms with Crippen LogP contribution in [0, 0.1) is 0 Å². The van der Waals surface area contributed by atoms with E-state index in [9.17, 15) is 0 Å². The van der Waals surface area contributed by atoms with Crippen molar-refractivity contribution in [3.63, 3.8) is 0 Å². The Kier molecular flexibility index (Phi) is 4.43. The molecule has 0 fully saturated rings. The number of nitrogens with zero attached hydrogens (tertiary/aromatic N) is 1. The third-order valence-electron chi connectivity index (χ3n) is 1.72. The van der Waals surface area contributed by atoms with Crippen LogP contribution in [-0.2, 0) is 0 Å². The van der Waals surface area contributed by atoms with Gasteiger partial charge in [-0.15, -0.1) is 0 Å². The Labute approximate surface area is 88.7 Å². The summed E-state index contributed by atoms with van der Waals surface area (Å²) in [5.74, 6) is 0. The van der Waals surface area contributed by atoms with Crippen LogP contribution in [0.15, 0.2) is 41.4 Å². The van der Waals surface area contributed by atoms with Crippen LogP contribution >= 0.6 is 11.9 Å². The molecule has 1 heterocycles. The molecule has 0 aliphatic rings. The summed E-state index contributed by atoms with van der Waals surface area (Å²) in [7, 11) is 0. The predicted molar refractivity (Wildman–Crippen MR) is 63.1 cm³/mol. The first-order chi connectivity index (χ1) is 6.92. The van der Waals surface area contributed by atoms with Crippen molar-refractivity contribution in [1.82, 2.24) is 4.98 Å². The lowest BCUT2D eigenvalue weighted by Crippen LogP contribution is -1.84. The monoisotopic (exact) mass is 206 g/mol. The van der Waals surface area contributed by atoms with Gasteiger partial charge >= 0.3 is 0 Å². The third kappa shape index (κ3) is 2.25. The number of benzene rings is 1. The fourth-order valence-electron chi connectivity index (χ4n) is 1.17. The van der Waals surface area contributed by atoms with E-state index in [0.29, 0.717) is 0 Å². The van der Waals surface area contributed by atoms with Gasteiger partial charge in [-0.1, -0.05) is 32.0 Å². The molecule has 2 N–H and O–H groups in total. The standard InChI is InChI=1S/C9H8N2S.C2H6/c10-12-8-5-1-3-7-4-2-6-11-9(7)8;1-2/h1-6H,10H2;1-2H3. The molecule has 0 saturated heterocycles. The number of fused-ring (bicyclic) bond motifs is 1. The van der Waals surface area contributed by atoms with E-state index in [1.807, 2.05) is 44.2 Å². The highest BCUT2D eigenvalue weighted by Gasteiger charge is 1.98. The number of nitrogens with two attached hydrogens (primary N) is 1. The molecule has 14 heavy (non-hydrogen) atoms. The van der Waals surface area contributed by atoms with E-state index < -0.39 is 0 Å². The van der Waals surface area contributed by atoms with Crippen LogP contribution in [0.5, 0.6) is 0 Å². The average Bonchev–Trinajstić information content (AvgIpc) is 2.31. The molecule has 0 bridgehead atoms. The van der Waals surface area contributed by atoms with Gasteiger partial charge in [0.05, 0.1) is 5.52 Å². The second-order valence-electron chi connectivity index (χ2n) is 2.45. The second-order valence-corrected chi connectivity index (χ2v) is 3.12. The summed E-state index contributed by atoms with van der Waals surface area (Å²) in [4.78, 5) is 5.27. The summed E-state index contributed by atoms with van der Waals surface area (Å²) in [5, 5.41) is 6.62. The highest BCUT2D eigenvalue weighted by Crippen LogP contribution is 2.21. The van der Waals surface area contributed by atoms with Crippen LogP contribution in [0.4, 0.5) is 0 Å². The minimum Gasteiger partial charge on any atom is -0.274 e. The first-order valence-electron chi connectivity index (χ1n) is 4.62. The molecule has 2 rings (SSSR count). The van der Waals surface area contributed by atoms with Crippen LogP contribution in [-0.4, -0.2) is 4.98 Å². The largest absolute Gasteiger partial charge is 0.274 e. The predicted octanol–water partition coefficient (Wildman–Crippen LogP) is 3.23. The Morgan fingerprint density at radius 3 is 2.57 bits per heavy atom. The lowest BCUT2D eigenvalue weighted by molar-refractivity contribution is 1.35. The first-order valence-corrected chi connectivity index (χ1v) is 5.50. The van der Waals surface area contributed by atoms with E-state index >= 15 is 0 Å². The number of rotatable bonds is 1. The highest BCUT2D eigenvalue weighted by molar-refractivity contribution is 7.97. The maximum Gasteiger partial charge on any atom is 0.0850 e. The summed E-state index contributed by atoms with van der Waals surface area (Å²) in [6.45, 7) is 4.00. The molecule has 0 atom stereocenters. The van der Waals surface area contributed by atoms with Crippen molar-refractivity contribution in [2.24, 2.45) is 5.14 Å². The van der Waals surface area contributed by atoms with E-state index in [1.54, 1.807) is 6.20 Å². The van der Waals surface area contributed by atoms with Crippen LogP contribution in [0.1, 0.15) is 13.8 Å². The number of aromatic nitrogens is 1. The van der Waals surface area contributed by atoms with Crippen LogP contribution < -0.4 is 5.14 Å². The molecule has 74 valence electrons. The maximum absolute atomic E-state index is 5.49. The molecule has 0 unspecified atom stereocenters. The van der Waals surface area contributed by atoms with Crippen LogP contribution in [0.3, 0.4) is 0 Å². The molecule has 2 nitrogen and oxygen atoms in total. The lowest BCUT2D eigenvalue weighted by atomic mass is 10.2. The molecule has 0 aliphatic heterocycles. The number of hydrogen-bond acceptors (Lipinski definition) is 3. The van der Waals surface area contributed by atoms with Crippen molar-refractivity contribution in [3.8, 4) is 0 Å². The zero-order valence-corrected chi connectivity index (χ0v) is 9.21. The fraction of sp³-hybridized carbons (Fsp3) is 0.182. The lowest BCUT2D eigenvalue weighted by Gasteiger charge is -2.00.